The van der Waals surface area contributed by atoms with Gasteiger partial charge in [-0.25, -0.2) is 4.79 Å². The Kier molecular flexibility index (Phi) is 26.1. The molecule has 1 heterocycles. The first-order valence-electron chi connectivity index (χ1n) is 22.3. The van der Waals surface area contributed by atoms with Gasteiger partial charge in [0.25, 0.3) is 0 Å². The summed E-state index contributed by atoms with van der Waals surface area (Å²) in [6, 6.07) is -8.70. The van der Waals surface area contributed by atoms with E-state index in [1.165, 1.54) is 20.8 Å². The van der Waals surface area contributed by atoms with E-state index in [4.69, 9.17) is 21.9 Å². The van der Waals surface area contributed by atoms with Gasteiger partial charge in [-0.15, -0.1) is 0 Å². The molecule has 21 nitrogen and oxygen atoms in total. The molecule has 1 rings (SSSR count). The Hall–Kier alpha value is -5.05. The maximum atomic E-state index is 14.0. The van der Waals surface area contributed by atoms with E-state index in [1.807, 2.05) is 0 Å². The van der Waals surface area contributed by atoms with Crippen LogP contribution in [0.3, 0.4) is 0 Å². The molecule has 0 saturated carbocycles. The molecule has 1 fully saturated rings. The molecule has 360 valence electrons. The Morgan fingerprint density at radius 3 is 1.63 bits per heavy atom. The van der Waals surface area contributed by atoms with Crippen molar-refractivity contribution < 1.29 is 53.3 Å². The number of carbonyl (C=O) groups is 8. The second-order valence-corrected chi connectivity index (χ2v) is 17.2. The summed E-state index contributed by atoms with van der Waals surface area (Å²) in [6.07, 6.45) is 5.43. The van der Waals surface area contributed by atoms with Gasteiger partial charge in [-0.2, -0.15) is 0 Å². The van der Waals surface area contributed by atoms with E-state index in [0.717, 1.165) is 57.8 Å². The Bertz CT molecular complexity index is 1540. The molecule has 0 bridgehead atoms. The molecule has 14 N–H and O–H groups in total. The minimum absolute atomic E-state index is 0.112. The fraction of sp³-hybridized carbons (Fsp3) is 0.786. The van der Waals surface area contributed by atoms with Crippen LogP contribution in [0.1, 0.15) is 138 Å². The first kappa shape index (κ1) is 56.0. The van der Waals surface area contributed by atoms with Gasteiger partial charge in [-0.3, -0.25) is 38.6 Å². The van der Waals surface area contributed by atoms with Gasteiger partial charge in [0, 0.05) is 13.0 Å². The summed E-state index contributed by atoms with van der Waals surface area (Å²) >= 11 is 0. The summed E-state index contributed by atoms with van der Waals surface area (Å²) in [6.45, 7) is 10.9. The van der Waals surface area contributed by atoms with Crippen molar-refractivity contribution in [3.8, 4) is 0 Å². The lowest BCUT2D eigenvalue weighted by molar-refractivity contribution is -0.155. The molecule has 0 aromatic heterocycles. The number of carbonyl (C=O) groups excluding carboxylic acids is 8. The summed E-state index contributed by atoms with van der Waals surface area (Å²) in [5.74, 6) is -8.16. The van der Waals surface area contributed by atoms with Crippen LogP contribution >= 0.6 is 0 Å². The number of nitrogens with zero attached hydrogens (tertiary/aromatic N) is 1. The zero-order valence-corrected chi connectivity index (χ0v) is 38.2. The number of hydrogen-bond donors (Lipinski definition) is 11. The van der Waals surface area contributed by atoms with Gasteiger partial charge in [0.05, 0.1) is 18.6 Å². The predicted molar refractivity (Wildman–Crippen MR) is 235 cm³/mol. The second kappa shape index (κ2) is 29.3. The predicted octanol–water partition coefficient (Wildman–Crippen LogP) is -0.866. The van der Waals surface area contributed by atoms with Crippen LogP contribution < -0.4 is 49.1 Å². The maximum absolute atomic E-state index is 14.0. The van der Waals surface area contributed by atoms with Gasteiger partial charge in [0.15, 0.2) is 5.96 Å². The lowest BCUT2D eigenvalue weighted by Crippen LogP contribution is -2.63. The Balaban J connectivity index is 3.21. The quantitative estimate of drug-likeness (QED) is 0.0273. The van der Waals surface area contributed by atoms with E-state index in [1.54, 1.807) is 27.7 Å². The number of esters is 1. The lowest BCUT2D eigenvalue weighted by Gasteiger charge is -2.31. The molecule has 0 spiro atoms. The van der Waals surface area contributed by atoms with Crippen molar-refractivity contribution in [3.05, 3.63) is 0 Å². The second-order valence-electron chi connectivity index (χ2n) is 17.2. The largest absolute Gasteiger partial charge is 0.458 e. The number of aliphatic hydroxyl groups excluding tert-OH is 2. The number of cyclic esters (lactones) is 1. The van der Waals surface area contributed by atoms with E-state index >= 15 is 0 Å². The highest BCUT2D eigenvalue weighted by molar-refractivity contribution is 5.97. The van der Waals surface area contributed by atoms with E-state index in [9.17, 15) is 48.6 Å². The zero-order valence-electron chi connectivity index (χ0n) is 38.2. The van der Waals surface area contributed by atoms with Gasteiger partial charge >= 0.3 is 5.97 Å². The number of aliphatic imine (C=N–C) groups is 1. The van der Waals surface area contributed by atoms with E-state index in [0.29, 0.717) is 19.4 Å². The van der Waals surface area contributed by atoms with Crippen LogP contribution in [0.2, 0.25) is 0 Å². The fourth-order valence-electron chi connectivity index (χ4n) is 6.81. The van der Waals surface area contributed by atoms with Crippen LogP contribution in [-0.2, 0) is 43.1 Å². The monoisotopic (exact) mass is 897 g/mol. The average Bonchev–Trinajstić information content (AvgIpc) is 3.18. The molecule has 63 heavy (non-hydrogen) atoms. The third kappa shape index (κ3) is 22.2. The van der Waals surface area contributed by atoms with Crippen LogP contribution in [-0.4, -0.2) is 125 Å². The van der Waals surface area contributed by atoms with Gasteiger partial charge in [0.2, 0.25) is 41.4 Å². The van der Waals surface area contributed by atoms with Gasteiger partial charge in [-0.1, -0.05) is 85.5 Å². The molecule has 2 unspecified atom stereocenters. The summed E-state index contributed by atoms with van der Waals surface area (Å²) in [5.41, 5.74) is 16.0. The van der Waals surface area contributed by atoms with Gasteiger partial charge in [-0.05, 0) is 51.9 Å². The van der Waals surface area contributed by atoms with Gasteiger partial charge < -0.3 is 64.1 Å². The smallest absolute Gasteiger partial charge is 0.328 e. The van der Waals surface area contributed by atoms with Crippen molar-refractivity contribution in [3.63, 3.8) is 0 Å². The number of nitrogens with one attached hydrogen (secondary N) is 6. The SMILES string of the molecule is CC(C)[C@@H]1NC(=O)[C@@H](C(C)C)NC(=O)[C@@H](NC(=O)CC(O)CCCCCCCCCCCCN=C(N)N)C(C)OC(=O)[C@@H](C)NC(=O)[C@@H](CCC(N)=O)NC(=O)[C@@H]([C@H](C)O)NC1=O. The van der Waals surface area contributed by atoms with Crippen molar-refractivity contribution in [2.45, 2.75) is 193 Å². The number of unbranched alkanes of at least 4 members (excludes halogenated alkanes) is 9. The molecular weight excluding hydrogens is 821 g/mol. The number of aliphatic hydroxyl groups is 2. The Morgan fingerprint density at radius 2 is 1.14 bits per heavy atom. The standard InChI is InChI=1S/C42H76N10O11/c1-23(2)32-37(58)50-33(24(3)4)38(59)52-34(26(6)53)39(60)48-29(19-20-30(43)55)36(57)47-25(5)41(62)63-27(7)35(40(61)51-32)49-31(56)22-28(54)18-16-14-12-10-8-9-11-13-15-17-21-46-42(44)45/h23-29,32-35,53-54H,8-22H2,1-7H3,(H2,43,55)(H,47,57)(H,48,60)(H,49,56)(H,50,58)(H,51,61)(H,52,59)(H4,44,45,46)/t25-,26+,27?,28?,29-,32-,33+,34-,35+/m1/s1. The average molecular weight is 897 g/mol. The zero-order chi connectivity index (χ0) is 47.8. The van der Waals surface area contributed by atoms with Crippen molar-refractivity contribution in [1.82, 2.24) is 31.9 Å². The Labute approximate surface area is 371 Å². The van der Waals surface area contributed by atoms with Crippen LogP contribution in [0.25, 0.3) is 0 Å². The molecule has 21 heteroatoms. The highest BCUT2D eigenvalue weighted by Crippen LogP contribution is 2.15. The number of nitrogens with two attached hydrogens (primary N) is 3. The van der Waals surface area contributed by atoms with Crippen molar-refractivity contribution in [1.29, 1.82) is 0 Å². The summed E-state index contributed by atoms with van der Waals surface area (Å²) < 4.78 is 5.56. The summed E-state index contributed by atoms with van der Waals surface area (Å²) in [7, 11) is 0. The highest BCUT2D eigenvalue weighted by atomic mass is 16.5. The van der Waals surface area contributed by atoms with Crippen molar-refractivity contribution in [2.75, 3.05) is 6.54 Å². The van der Waals surface area contributed by atoms with E-state index in [2.05, 4.69) is 36.9 Å². The van der Waals surface area contributed by atoms with Crippen LogP contribution in [0.5, 0.6) is 0 Å². The summed E-state index contributed by atoms with van der Waals surface area (Å²) in [4.78, 5) is 110. The molecule has 1 aliphatic heterocycles. The highest BCUT2D eigenvalue weighted by Gasteiger charge is 2.38. The van der Waals surface area contributed by atoms with Crippen molar-refractivity contribution >= 4 is 53.3 Å². The first-order chi connectivity index (χ1) is 29.5. The number of amides is 7. The molecule has 0 aromatic rings. The molecular formula is C42H76N10O11. The lowest BCUT2D eigenvalue weighted by atomic mass is 9.98. The van der Waals surface area contributed by atoms with Crippen LogP contribution in [0.15, 0.2) is 4.99 Å². The topological polar surface area (TPSA) is 349 Å². The molecule has 9 atom stereocenters. The molecule has 0 aromatic carbocycles. The number of hydrogen-bond acceptors (Lipinski definition) is 12. The third-order valence-corrected chi connectivity index (χ3v) is 10.6. The normalized spacial score (nSPS) is 24.3. The van der Waals surface area contributed by atoms with Crippen LogP contribution in [0, 0.1) is 11.8 Å². The molecule has 0 aliphatic carbocycles. The number of primary amides is 1. The molecule has 1 aliphatic rings. The Morgan fingerprint density at radius 1 is 0.667 bits per heavy atom. The van der Waals surface area contributed by atoms with E-state index < -0.39 is 114 Å². The van der Waals surface area contributed by atoms with E-state index in [-0.39, 0.29) is 25.2 Å². The third-order valence-electron chi connectivity index (χ3n) is 10.6. The fourth-order valence-corrected chi connectivity index (χ4v) is 6.81. The van der Waals surface area contributed by atoms with Crippen LogP contribution in [0.4, 0.5) is 0 Å². The molecule has 1 saturated heterocycles. The molecule has 0 radical (unpaired) electrons. The van der Waals surface area contributed by atoms with Gasteiger partial charge in [0.1, 0.15) is 42.4 Å². The minimum atomic E-state index is -1.64. The molecule has 7 amide bonds. The number of rotatable bonds is 22. The summed E-state index contributed by atoms with van der Waals surface area (Å²) in [5, 5.41) is 36.2. The minimum Gasteiger partial charge on any atom is -0.458 e. The number of ether oxygens (including phenoxy) is 1. The van der Waals surface area contributed by atoms with Crippen molar-refractivity contribution in [2.24, 2.45) is 34.0 Å². The maximum Gasteiger partial charge on any atom is 0.328 e. The number of guanidine groups is 1. The first-order valence-corrected chi connectivity index (χ1v) is 22.3.